The Morgan fingerprint density at radius 2 is 1.88 bits per heavy atom. The number of para-hydroxylation sites is 1. The first-order valence-electron chi connectivity index (χ1n) is 7.15. The van der Waals surface area contributed by atoms with E-state index in [0.29, 0.717) is 22.7 Å². The Balaban J connectivity index is 1.99. The van der Waals surface area contributed by atoms with Crippen LogP contribution in [0.15, 0.2) is 54.6 Å². The van der Waals surface area contributed by atoms with E-state index in [0.717, 1.165) is 6.08 Å². The molecule has 0 atom stereocenters. The van der Waals surface area contributed by atoms with Crippen LogP contribution in [0.3, 0.4) is 0 Å². The number of carboxylic acids is 1. The Bertz CT molecular complexity index is 740. The standard InChI is InChI=1S/C18H17NO5/c1-23-16-11-13(8-10-18(21)22)7-9-15(16)24-12-17(20)19-14-5-3-2-4-6-14/h2-11H,12H2,1H3,(H,19,20)(H,21,22). The molecule has 0 heterocycles. The summed E-state index contributed by atoms with van der Waals surface area (Å²) in [7, 11) is 1.47. The molecule has 2 N–H and O–H groups in total. The maximum atomic E-state index is 11.9. The Labute approximate surface area is 139 Å². The highest BCUT2D eigenvalue weighted by Crippen LogP contribution is 2.28. The normalized spacial score (nSPS) is 10.4. The third-order valence-corrected chi connectivity index (χ3v) is 3.02. The number of rotatable bonds is 7. The van der Waals surface area contributed by atoms with Gasteiger partial charge in [0, 0.05) is 11.8 Å². The number of methoxy groups -OCH3 is 1. The first kappa shape index (κ1) is 17.1. The van der Waals surface area contributed by atoms with Crippen molar-refractivity contribution in [2.75, 3.05) is 19.0 Å². The molecule has 6 heteroatoms. The van der Waals surface area contributed by atoms with Crippen molar-refractivity contribution < 1.29 is 24.2 Å². The number of benzene rings is 2. The third-order valence-electron chi connectivity index (χ3n) is 3.02. The van der Waals surface area contributed by atoms with Crippen LogP contribution < -0.4 is 14.8 Å². The van der Waals surface area contributed by atoms with Gasteiger partial charge in [-0.1, -0.05) is 24.3 Å². The highest BCUT2D eigenvalue weighted by molar-refractivity contribution is 5.91. The molecule has 2 rings (SSSR count). The number of hydrogen-bond acceptors (Lipinski definition) is 4. The number of carbonyl (C=O) groups is 2. The fourth-order valence-corrected chi connectivity index (χ4v) is 1.94. The van der Waals surface area contributed by atoms with Crippen molar-refractivity contribution in [2.45, 2.75) is 0 Å². The maximum absolute atomic E-state index is 11.9. The molecule has 0 aliphatic rings. The molecule has 2 aromatic carbocycles. The van der Waals surface area contributed by atoms with Gasteiger partial charge >= 0.3 is 5.97 Å². The van der Waals surface area contributed by atoms with Gasteiger partial charge in [0.05, 0.1) is 7.11 Å². The SMILES string of the molecule is COc1cc(C=CC(=O)O)ccc1OCC(=O)Nc1ccccc1. The fraction of sp³-hybridized carbons (Fsp3) is 0.111. The number of aliphatic carboxylic acids is 1. The molecule has 0 fully saturated rings. The van der Waals surface area contributed by atoms with Crippen LogP contribution in [-0.2, 0) is 9.59 Å². The molecule has 0 spiro atoms. The minimum atomic E-state index is -1.04. The first-order chi connectivity index (χ1) is 11.6. The lowest BCUT2D eigenvalue weighted by Gasteiger charge is -2.11. The Kier molecular flexibility index (Phi) is 5.96. The van der Waals surface area contributed by atoms with E-state index in [1.54, 1.807) is 30.3 Å². The van der Waals surface area contributed by atoms with E-state index in [1.165, 1.54) is 13.2 Å². The van der Waals surface area contributed by atoms with Crippen LogP contribution >= 0.6 is 0 Å². The summed E-state index contributed by atoms with van der Waals surface area (Å²) in [5, 5.41) is 11.3. The van der Waals surface area contributed by atoms with Crippen LogP contribution in [0.2, 0.25) is 0 Å². The number of hydrogen-bond donors (Lipinski definition) is 2. The van der Waals surface area contributed by atoms with Crippen LogP contribution in [0.5, 0.6) is 11.5 Å². The van der Waals surface area contributed by atoms with Crippen LogP contribution in [0.25, 0.3) is 6.08 Å². The van der Waals surface area contributed by atoms with E-state index < -0.39 is 5.97 Å². The zero-order valence-electron chi connectivity index (χ0n) is 13.1. The number of carbonyl (C=O) groups excluding carboxylic acids is 1. The molecule has 0 aliphatic heterocycles. The molecule has 0 saturated carbocycles. The Morgan fingerprint density at radius 3 is 2.54 bits per heavy atom. The Hall–Kier alpha value is -3.28. The number of anilines is 1. The lowest BCUT2D eigenvalue weighted by Crippen LogP contribution is -2.20. The van der Waals surface area contributed by atoms with Gasteiger partial charge in [-0.2, -0.15) is 0 Å². The summed E-state index contributed by atoms with van der Waals surface area (Å²) in [5.74, 6) is -0.520. The summed E-state index contributed by atoms with van der Waals surface area (Å²) in [4.78, 5) is 22.4. The quantitative estimate of drug-likeness (QED) is 0.764. The summed E-state index contributed by atoms with van der Waals surface area (Å²) in [5.41, 5.74) is 1.34. The second kappa shape index (κ2) is 8.38. The summed E-state index contributed by atoms with van der Waals surface area (Å²) in [6.07, 6.45) is 2.47. The zero-order valence-corrected chi connectivity index (χ0v) is 13.1. The van der Waals surface area contributed by atoms with Gasteiger partial charge in [0.2, 0.25) is 0 Å². The molecule has 1 amide bonds. The van der Waals surface area contributed by atoms with Crippen molar-refractivity contribution in [2.24, 2.45) is 0 Å². The van der Waals surface area contributed by atoms with Crippen molar-refractivity contribution in [1.82, 2.24) is 0 Å². The van der Waals surface area contributed by atoms with Gasteiger partial charge in [-0.3, -0.25) is 4.79 Å². The minimum Gasteiger partial charge on any atom is -0.493 e. The molecule has 0 aromatic heterocycles. The van der Waals surface area contributed by atoms with Gasteiger partial charge in [0.15, 0.2) is 18.1 Å². The van der Waals surface area contributed by atoms with Gasteiger partial charge in [-0.15, -0.1) is 0 Å². The van der Waals surface area contributed by atoms with Crippen LogP contribution in [0.1, 0.15) is 5.56 Å². The maximum Gasteiger partial charge on any atom is 0.328 e. The molecule has 0 bridgehead atoms. The molecule has 24 heavy (non-hydrogen) atoms. The number of ether oxygens (including phenoxy) is 2. The molecule has 0 aliphatic carbocycles. The van der Waals surface area contributed by atoms with Crippen molar-refractivity contribution in [1.29, 1.82) is 0 Å². The highest BCUT2D eigenvalue weighted by atomic mass is 16.5. The van der Waals surface area contributed by atoms with Crippen LogP contribution in [0.4, 0.5) is 5.69 Å². The monoisotopic (exact) mass is 327 g/mol. The smallest absolute Gasteiger partial charge is 0.328 e. The first-order valence-corrected chi connectivity index (χ1v) is 7.15. The summed E-state index contributed by atoms with van der Waals surface area (Å²) < 4.78 is 10.7. The van der Waals surface area contributed by atoms with E-state index in [2.05, 4.69) is 5.32 Å². The number of amides is 1. The average Bonchev–Trinajstić information content (AvgIpc) is 2.59. The largest absolute Gasteiger partial charge is 0.493 e. The molecule has 0 unspecified atom stereocenters. The van der Waals surface area contributed by atoms with Crippen molar-refractivity contribution >= 4 is 23.6 Å². The van der Waals surface area contributed by atoms with E-state index in [-0.39, 0.29) is 12.5 Å². The molecular weight excluding hydrogens is 310 g/mol. The van der Waals surface area contributed by atoms with Gasteiger partial charge in [-0.25, -0.2) is 4.79 Å². The predicted octanol–water partition coefficient (Wildman–Crippen LogP) is 2.81. The molecule has 6 nitrogen and oxygen atoms in total. The Morgan fingerprint density at radius 1 is 1.12 bits per heavy atom. The van der Waals surface area contributed by atoms with E-state index in [9.17, 15) is 9.59 Å². The lowest BCUT2D eigenvalue weighted by atomic mass is 10.2. The molecule has 124 valence electrons. The number of carboxylic acid groups (broad SMARTS) is 1. The van der Waals surface area contributed by atoms with E-state index in [1.807, 2.05) is 18.2 Å². The average molecular weight is 327 g/mol. The van der Waals surface area contributed by atoms with Gasteiger partial charge in [0.25, 0.3) is 5.91 Å². The third kappa shape index (κ3) is 5.17. The summed E-state index contributed by atoms with van der Waals surface area (Å²) in [6, 6.07) is 14.0. The predicted molar refractivity (Wildman–Crippen MR) is 90.2 cm³/mol. The van der Waals surface area contributed by atoms with Crippen molar-refractivity contribution in [3.63, 3.8) is 0 Å². The van der Waals surface area contributed by atoms with E-state index >= 15 is 0 Å². The second-order valence-corrected chi connectivity index (χ2v) is 4.78. The van der Waals surface area contributed by atoms with E-state index in [4.69, 9.17) is 14.6 Å². The lowest BCUT2D eigenvalue weighted by molar-refractivity contribution is -0.131. The summed E-state index contributed by atoms with van der Waals surface area (Å²) in [6.45, 7) is -0.171. The van der Waals surface area contributed by atoms with Crippen LogP contribution in [-0.4, -0.2) is 30.7 Å². The molecule has 0 radical (unpaired) electrons. The second-order valence-electron chi connectivity index (χ2n) is 4.78. The molecule has 0 saturated heterocycles. The fourth-order valence-electron chi connectivity index (χ4n) is 1.94. The van der Waals surface area contributed by atoms with Gasteiger partial charge in [0.1, 0.15) is 0 Å². The van der Waals surface area contributed by atoms with Gasteiger partial charge in [-0.05, 0) is 35.9 Å². The van der Waals surface area contributed by atoms with Gasteiger partial charge < -0.3 is 19.9 Å². The van der Waals surface area contributed by atoms with Crippen molar-refractivity contribution in [3.8, 4) is 11.5 Å². The molecular formula is C18H17NO5. The summed E-state index contributed by atoms with van der Waals surface area (Å²) >= 11 is 0. The molecule has 2 aromatic rings. The topological polar surface area (TPSA) is 84.9 Å². The minimum absolute atomic E-state index is 0.171. The number of nitrogens with one attached hydrogen (secondary N) is 1. The highest BCUT2D eigenvalue weighted by Gasteiger charge is 2.08. The van der Waals surface area contributed by atoms with Crippen LogP contribution in [0, 0.1) is 0 Å². The zero-order chi connectivity index (χ0) is 17.4. The van der Waals surface area contributed by atoms with Crippen molar-refractivity contribution in [3.05, 3.63) is 60.2 Å².